The molecule has 1 rings (SSSR count). The Hall–Kier alpha value is -1.65. The summed E-state index contributed by atoms with van der Waals surface area (Å²) in [6.45, 7) is 8.35. The lowest BCUT2D eigenvalue weighted by Gasteiger charge is -2.16. The predicted octanol–water partition coefficient (Wildman–Crippen LogP) is 2.81. The van der Waals surface area contributed by atoms with Crippen LogP contribution in [0.2, 0.25) is 0 Å². The van der Waals surface area contributed by atoms with E-state index in [1.54, 1.807) is 0 Å². The van der Waals surface area contributed by atoms with E-state index >= 15 is 0 Å². The van der Waals surface area contributed by atoms with E-state index in [1.807, 2.05) is 13.0 Å². The zero-order chi connectivity index (χ0) is 14.4. The van der Waals surface area contributed by atoms with E-state index in [2.05, 4.69) is 40.8 Å². The summed E-state index contributed by atoms with van der Waals surface area (Å²) in [5, 5.41) is 3.30. The number of ether oxygens (including phenoxy) is 1. The normalized spacial score (nSPS) is 12.3. The maximum atomic E-state index is 11.4. The van der Waals surface area contributed by atoms with E-state index in [1.165, 1.54) is 7.11 Å². The Kier molecular flexibility index (Phi) is 5.73. The Bertz CT molecular complexity index is 433. The Balaban J connectivity index is 2.72. The van der Waals surface area contributed by atoms with Crippen LogP contribution in [-0.2, 0) is 4.74 Å². The lowest BCUT2D eigenvalue weighted by Crippen LogP contribution is -2.18. The molecule has 0 fully saturated rings. The third-order valence-corrected chi connectivity index (χ3v) is 2.79. The molecule has 5 nitrogen and oxygen atoms in total. The molecule has 1 unspecified atom stereocenters. The van der Waals surface area contributed by atoms with Crippen LogP contribution in [0, 0.1) is 12.8 Å². The highest BCUT2D eigenvalue weighted by Crippen LogP contribution is 2.13. The molecule has 0 saturated heterocycles. The number of hydrogen-bond donors (Lipinski definition) is 1. The SMILES string of the molecule is COC(=O)c1nc(C)cc(NC(C)CCC(C)C)n1. The number of methoxy groups -OCH3 is 1. The Morgan fingerprint density at radius 1 is 1.32 bits per heavy atom. The second kappa shape index (κ2) is 7.07. The number of aromatic nitrogens is 2. The van der Waals surface area contributed by atoms with Crippen LogP contribution in [0.4, 0.5) is 5.82 Å². The van der Waals surface area contributed by atoms with Crippen LogP contribution in [0.15, 0.2) is 6.07 Å². The fourth-order valence-corrected chi connectivity index (χ4v) is 1.73. The number of nitrogens with zero attached hydrogens (tertiary/aromatic N) is 2. The lowest BCUT2D eigenvalue weighted by atomic mass is 10.0. The number of nitrogens with one attached hydrogen (secondary N) is 1. The Labute approximate surface area is 114 Å². The van der Waals surface area contributed by atoms with Crippen LogP contribution in [0.1, 0.15) is 49.9 Å². The molecule has 0 aliphatic carbocycles. The Morgan fingerprint density at radius 3 is 2.58 bits per heavy atom. The largest absolute Gasteiger partial charge is 0.463 e. The monoisotopic (exact) mass is 265 g/mol. The van der Waals surface area contributed by atoms with Crippen molar-refractivity contribution >= 4 is 11.8 Å². The average Bonchev–Trinajstić information content (AvgIpc) is 2.34. The lowest BCUT2D eigenvalue weighted by molar-refractivity contribution is 0.0586. The van der Waals surface area contributed by atoms with Gasteiger partial charge in [-0.2, -0.15) is 0 Å². The van der Waals surface area contributed by atoms with Gasteiger partial charge in [0.2, 0.25) is 5.82 Å². The second-order valence-electron chi connectivity index (χ2n) is 5.23. The minimum Gasteiger partial charge on any atom is -0.463 e. The molecule has 0 aliphatic heterocycles. The molecule has 0 aliphatic rings. The summed E-state index contributed by atoms with van der Waals surface area (Å²) in [6.07, 6.45) is 2.22. The van der Waals surface area contributed by atoms with Crippen LogP contribution in [-0.4, -0.2) is 29.1 Å². The first-order valence-corrected chi connectivity index (χ1v) is 6.63. The average molecular weight is 265 g/mol. The molecular weight excluding hydrogens is 242 g/mol. The first kappa shape index (κ1) is 15.4. The quantitative estimate of drug-likeness (QED) is 0.801. The zero-order valence-electron chi connectivity index (χ0n) is 12.4. The van der Waals surface area contributed by atoms with Gasteiger partial charge in [-0.15, -0.1) is 0 Å². The van der Waals surface area contributed by atoms with Gasteiger partial charge in [0.25, 0.3) is 0 Å². The number of carbonyl (C=O) groups is 1. The van der Waals surface area contributed by atoms with Crippen LogP contribution in [0.25, 0.3) is 0 Å². The molecule has 5 heteroatoms. The van der Waals surface area contributed by atoms with Crippen molar-refractivity contribution in [2.45, 2.75) is 46.6 Å². The van der Waals surface area contributed by atoms with E-state index in [0.29, 0.717) is 17.8 Å². The van der Waals surface area contributed by atoms with Crippen molar-refractivity contribution in [3.63, 3.8) is 0 Å². The number of hydrogen-bond acceptors (Lipinski definition) is 5. The number of esters is 1. The molecule has 0 spiro atoms. The van der Waals surface area contributed by atoms with Gasteiger partial charge in [-0.05, 0) is 32.6 Å². The summed E-state index contributed by atoms with van der Waals surface area (Å²) >= 11 is 0. The minimum atomic E-state index is -0.512. The van der Waals surface area contributed by atoms with E-state index in [-0.39, 0.29) is 5.82 Å². The van der Waals surface area contributed by atoms with Gasteiger partial charge in [-0.25, -0.2) is 14.8 Å². The fourth-order valence-electron chi connectivity index (χ4n) is 1.73. The topological polar surface area (TPSA) is 64.1 Å². The molecule has 1 N–H and O–H groups in total. The molecule has 0 amide bonds. The van der Waals surface area contributed by atoms with Crippen LogP contribution in [0.3, 0.4) is 0 Å². The molecule has 1 atom stereocenters. The summed E-state index contributed by atoms with van der Waals surface area (Å²) in [5.74, 6) is 0.939. The van der Waals surface area contributed by atoms with Crippen molar-refractivity contribution in [1.82, 2.24) is 9.97 Å². The minimum absolute atomic E-state index is 0.0982. The molecule has 0 aromatic carbocycles. The van der Waals surface area contributed by atoms with Crippen LogP contribution in [0.5, 0.6) is 0 Å². The fraction of sp³-hybridized carbons (Fsp3) is 0.643. The highest BCUT2D eigenvalue weighted by molar-refractivity contribution is 5.85. The van der Waals surface area contributed by atoms with Gasteiger partial charge in [0.1, 0.15) is 5.82 Å². The van der Waals surface area contributed by atoms with Gasteiger partial charge < -0.3 is 10.1 Å². The molecule has 0 bridgehead atoms. The molecule has 106 valence electrons. The van der Waals surface area contributed by atoms with Crippen molar-refractivity contribution in [2.24, 2.45) is 5.92 Å². The molecule has 19 heavy (non-hydrogen) atoms. The van der Waals surface area contributed by atoms with E-state index in [0.717, 1.165) is 18.5 Å². The molecule has 0 saturated carbocycles. The van der Waals surface area contributed by atoms with Gasteiger partial charge >= 0.3 is 5.97 Å². The highest BCUT2D eigenvalue weighted by atomic mass is 16.5. The molecular formula is C14H23N3O2. The molecule has 0 radical (unpaired) electrons. The van der Waals surface area contributed by atoms with E-state index in [4.69, 9.17) is 0 Å². The molecule has 1 aromatic heterocycles. The number of aryl methyl sites for hydroxylation is 1. The van der Waals surface area contributed by atoms with Crippen molar-refractivity contribution in [3.8, 4) is 0 Å². The predicted molar refractivity (Wildman–Crippen MR) is 75.3 cm³/mol. The first-order valence-electron chi connectivity index (χ1n) is 6.63. The van der Waals surface area contributed by atoms with Crippen molar-refractivity contribution < 1.29 is 9.53 Å². The second-order valence-corrected chi connectivity index (χ2v) is 5.23. The van der Waals surface area contributed by atoms with Crippen molar-refractivity contribution in [3.05, 3.63) is 17.6 Å². The third kappa shape index (κ3) is 5.24. The zero-order valence-corrected chi connectivity index (χ0v) is 12.4. The summed E-state index contributed by atoms with van der Waals surface area (Å²) < 4.78 is 4.64. The third-order valence-electron chi connectivity index (χ3n) is 2.79. The smallest absolute Gasteiger partial charge is 0.376 e. The molecule has 1 aromatic rings. The maximum absolute atomic E-state index is 11.4. The summed E-state index contributed by atoms with van der Waals surface area (Å²) in [5.41, 5.74) is 0.744. The van der Waals surface area contributed by atoms with Crippen LogP contribution >= 0.6 is 0 Å². The summed E-state index contributed by atoms with van der Waals surface area (Å²) in [6, 6.07) is 2.14. The van der Waals surface area contributed by atoms with E-state index < -0.39 is 5.97 Å². The molecule has 1 heterocycles. The van der Waals surface area contributed by atoms with Crippen molar-refractivity contribution in [2.75, 3.05) is 12.4 Å². The standard InChI is InChI=1S/C14H23N3O2/c1-9(2)6-7-10(3)15-12-8-11(4)16-13(17-12)14(18)19-5/h8-10H,6-7H2,1-5H3,(H,15,16,17). The van der Waals surface area contributed by atoms with Crippen LogP contribution < -0.4 is 5.32 Å². The van der Waals surface area contributed by atoms with Gasteiger partial charge in [0.15, 0.2) is 0 Å². The van der Waals surface area contributed by atoms with E-state index in [9.17, 15) is 4.79 Å². The summed E-state index contributed by atoms with van der Waals surface area (Å²) in [7, 11) is 1.33. The number of carbonyl (C=O) groups excluding carboxylic acids is 1. The first-order chi connectivity index (χ1) is 8.92. The number of anilines is 1. The van der Waals surface area contributed by atoms with Gasteiger partial charge in [-0.1, -0.05) is 13.8 Å². The van der Waals surface area contributed by atoms with Crippen molar-refractivity contribution in [1.29, 1.82) is 0 Å². The van der Waals surface area contributed by atoms with Gasteiger partial charge in [0, 0.05) is 17.8 Å². The van der Waals surface area contributed by atoms with Gasteiger partial charge in [0.05, 0.1) is 7.11 Å². The van der Waals surface area contributed by atoms with Gasteiger partial charge in [-0.3, -0.25) is 0 Å². The Morgan fingerprint density at radius 2 is 2.00 bits per heavy atom. The maximum Gasteiger partial charge on any atom is 0.376 e. The highest BCUT2D eigenvalue weighted by Gasteiger charge is 2.12. The summed E-state index contributed by atoms with van der Waals surface area (Å²) in [4.78, 5) is 19.7. The number of rotatable bonds is 6.